The Morgan fingerprint density at radius 3 is 3.06 bits per heavy atom. The van der Waals surface area contributed by atoms with Crippen molar-refractivity contribution in [2.45, 2.75) is 25.6 Å². The molecule has 1 unspecified atom stereocenters. The molecule has 0 fully saturated rings. The van der Waals surface area contributed by atoms with E-state index in [2.05, 4.69) is 44.9 Å². The molecule has 0 bridgehead atoms. The summed E-state index contributed by atoms with van der Waals surface area (Å²) in [6.07, 6.45) is 2.78. The number of nitrogens with zero attached hydrogens (tertiary/aromatic N) is 1. The van der Waals surface area contributed by atoms with Gasteiger partial charge in [0.1, 0.15) is 0 Å². The van der Waals surface area contributed by atoms with Gasteiger partial charge in [-0.3, -0.25) is 0 Å². The number of hydrogen-bond acceptors (Lipinski definition) is 3. The van der Waals surface area contributed by atoms with Gasteiger partial charge in [0, 0.05) is 32.1 Å². The summed E-state index contributed by atoms with van der Waals surface area (Å²) in [5.74, 6) is 0. The molecular weight excluding hydrogens is 224 g/mol. The molecule has 18 heavy (non-hydrogen) atoms. The molecule has 3 N–H and O–H groups in total. The van der Waals surface area contributed by atoms with E-state index in [4.69, 9.17) is 0 Å². The highest BCUT2D eigenvalue weighted by molar-refractivity contribution is 5.16. The quantitative estimate of drug-likeness (QED) is 0.755. The van der Waals surface area contributed by atoms with Crippen molar-refractivity contribution < 1.29 is 0 Å². The third kappa shape index (κ3) is 2.60. The number of imidazole rings is 1. The summed E-state index contributed by atoms with van der Waals surface area (Å²) in [6.45, 7) is 2.79. The minimum atomic E-state index is 0.476. The molecule has 0 amide bonds. The Morgan fingerprint density at radius 2 is 2.17 bits per heavy atom. The van der Waals surface area contributed by atoms with Crippen molar-refractivity contribution in [2.24, 2.45) is 0 Å². The summed E-state index contributed by atoms with van der Waals surface area (Å²) in [5, 5.41) is 7.01. The van der Waals surface area contributed by atoms with E-state index in [1.807, 2.05) is 6.07 Å². The average Bonchev–Trinajstić information content (AvgIpc) is 2.87. The number of rotatable bonds is 4. The van der Waals surface area contributed by atoms with Gasteiger partial charge in [0.25, 0.3) is 0 Å². The summed E-state index contributed by atoms with van der Waals surface area (Å²) in [7, 11) is 0. The summed E-state index contributed by atoms with van der Waals surface area (Å²) in [5.41, 5.74) is 3.77. The first-order valence-electron chi connectivity index (χ1n) is 6.41. The average molecular weight is 242 g/mol. The Labute approximate surface area is 107 Å². The molecule has 0 aliphatic carbocycles. The molecule has 0 spiro atoms. The Kier molecular flexibility index (Phi) is 3.39. The Hall–Kier alpha value is -1.65. The van der Waals surface area contributed by atoms with Gasteiger partial charge in [0.15, 0.2) is 0 Å². The second-order valence-corrected chi connectivity index (χ2v) is 4.73. The number of aromatic nitrogens is 2. The highest BCUT2D eigenvalue weighted by Crippen LogP contribution is 2.11. The van der Waals surface area contributed by atoms with Gasteiger partial charge in [0.2, 0.25) is 0 Å². The van der Waals surface area contributed by atoms with Gasteiger partial charge in [-0.05, 0) is 5.56 Å². The van der Waals surface area contributed by atoms with E-state index >= 15 is 0 Å². The first-order valence-corrected chi connectivity index (χ1v) is 6.41. The molecule has 94 valence electrons. The molecule has 0 saturated carbocycles. The van der Waals surface area contributed by atoms with Crippen LogP contribution in [0.1, 0.15) is 17.0 Å². The van der Waals surface area contributed by atoms with Crippen LogP contribution >= 0.6 is 0 Å². The maximum atomic E-state index is 4.35. The van der Waals surface area contributed by atoms with Crippen molar-refractivity contribution in [3.63, 3.8) is 0 Å². The van der Waals surface area contributed by atoms with E-state index in [0.717, 1.165) is 26.1 Å². The molecule has 1 aliphatic rings. The van der Waals surface area contributed by atoms with Gasteiger partial charge in [-0.25, -0.2) is 4.98 Å². The van der Waals surface area contributed by atoms with Crippen LogP contribution in [-0.4, -0.2) is 22.6 Å². The number of benzene rings is 1. The van der Waals surface area contributed by atoms with Gasteiger partial charge >= 0.3 is 0 Å². The SMILES string of the molecule is c1ccc(CNCC2Cc3nc[nH]c3CN2)cc1. The first kappa shape index (κ1) is 11.4. The molecule has 4 heteroatoms. The van der Waals surface area contributed by atoms with Gasteiger partial charge in [-0.15, -0.1) is 0 Å². The van der Waals surface area contributed by atoms with E-state index in [1.54, 1.807) is 6.33 Å². The molecule has 0 saturated heterocycles. The number of nitrogens with one attached hydrogen (secondary N) is 3. The third-order valence-electron chi connectivity index (χ3n) is 3.38. The second kappa shape index (κ2) is 5.33. The molecule has 1 aliphatic heterocycles. The van der Waals surface area contributed by atoms with Crippen LogP contribution < -0.4 is 10.6 Å². The summed E-state index contributed by atoms with van der Waals surface area (Å²) in [6, 6.07) is 11.0. The normalized spacial score (nSPS) is 18.6. The van der Waals surface area contributed by atoms with Crippen molar-refractivity contribution in [2.75, 3.05) is 6.54 Å². The number of hydrogen-bond donors (Lipinski definition) is 3. The number of H-pyrrole nitrogens is 1. The van der Waals surface area contributed by atoms with Crippen LogP contribution in [-0.2, 0) is 19.5 Å². The number of aromatic amines is 1. The molecule has 2 aromatic rings. The number of fused-ring (bicyclic) bond motifs is 1. The lowest BCUT2D eigenvalue weighted by Gasteiger charge is -2.23. The van der Waals surface area contributed by atoms with Crippen LogP contribution in [0.2, 0.25) is 0 Å². The van der Waals surface area contributed by atoms with Gasteiger partial charge in [-0.1, -0.05) is 30.3 Å². The highest BCUT2D eigenvalue weighted by atomic mass is 15.0. The first-order chi connectivity index (χ1) is 8.92. The van der Waals surface area contributed by atoms with Crippen LogP contribution in [0.15, 0.2) is 36.7 Å². The van der Waals surface area contributed by atoms with Crippen LogP contribution in [0.3, 0.4) is 0 Å². The fourth-order valence-electron chi connectivity index (χ4n) is 2.36. The van der Waals surface area contributed by atoms with Crippen molar-refractivity contribution in [1.29, 1.82) is 0 Å². The van der Waals surface area contributed by atoms with Crippen LogP contribution in [0, 0.1) is 0 Å². The van der Waals surface area contributed by atoms with Gasteiger partial charge < -0.3 is 15.6 Å². The van der Waals surface area contributed by atoms with E-state index < -0.39 is 0 Å². The zero-order valence-electron chi connectivity index (χ0n) is 10.3. The molecule has 3 rings (SSSR count). The van der Waals surface area contributed by atoms with E-state index in [9.17, 15) is 0 Å². The minimum absolute atomic E-state index is 0.476. The van der Waals surface area contributed by atoms with E-state index in [0.29, 0.717) is 6.04 Å². The molecule has 1 aromatic heterocycles. The van der Waals surface area contributed by atoms with E-state index in [1.165, 1.54) is 17.0 Å². The zero-order valence-corrected chi connectivity index (χ0v) is 10.3. The zero-order chi connectivity index (χ0) is 12.2. The Balaban J connectivity index is 1.48. The standard InChI is InChI=1S/C14H18N4/c1-2-4-11(5-3-1)7-15-8-12-6-13-14(9-16-12)18-10-17-13/h1-5,10,12,15-16H,6-9H2,(H,17,18). The van der Waals surface area contributed by atoms with Crippen molar-refractivity contribution in [1.82, 2.24) is 20.6 Å². The highest BCUT2D eigenvalue weighted by Gasteiger charge is 2.19. The summed E-state index contributed by atoms with van der Waals surface area (Å²) >= 11 is 0. The molecular formula is C14H18N4. The smallest absolute Gasteiger partial charge is 0.0925 e. The van der Waals surface area contributed by atoms with Crippen LogP contribution in [0.25, 0.3) is 0 Å². The Bertz CT molecular complexity index is 492. The van der Waals surface area contributed by atoms with Crippen LogP contribution in [0.4, 0.5) is 0 Å². The lowest BCUT2D eigenvalue weighted by atomic mass is 10.1. The molecule has 2 heterocycles. The summed E-state index contributed by atoms with van der Waals surface area (Å²) in [4.78, 5) is 7.52. The van der Waals surface area contributed by atoms with Crippen molar-refractivity contribution in [3.8, 4) is 0 Å². The fraction of sp³-hybridized carbons (Fsp3) is 0.357. The second-order valence-electron chi connectivity index (χ2n) is 4.73. The maximum Gasteiger partial charge on any atom is 0.0925 e. The predicted octanol–water partition coefficient (Wildman–Crippen LogP) is 1.21. The van der Waals surface area contributed by atoms with Crippen molar-refractivity contribution >= 4 is 0 Å². The molecule has 1 aromatic carbocycles. The van der Waals surface area contributed by atoms with Gasteiger partial charge in [0.05, 0.1) is 17.7 Å². The predicted molar refractivity (Wildman–Crippen MR) is 71.1 cm³/mol. The lowest BCUT2D eigenvalue weighted by molar-refractivity contribution is 0.441. The summed E-state index contributed by atoms with van der Waals surface area (Å²) < 4.78 is 0. The lowest BCUT2D eigenvalue weighted by Crippen LogP contribution is -2.42. The molecule has 1 atom stereocenters. The fourth-order valence-corrected chi connectivity index (χ4v) is 2.36. The maximum absolute atomic E-state index is 4.35. The van der Waals surface area contributed by atoms with E-state index in [-0.39, 0.29) is 0 Å². The molecule has 4 nitrogen and oxygen atoms in total. The van der Waals surface area contributed by atoms with Crippen LogP contribution in [0.5, 0.6) is 0 Å². The third-order valence-corrected chi connectivity index (χ3v) is 3.38. The Morgan fingerprint density at radius 1 is 1.28 bits per heavy atom. The van der Waals surface area contributed by atoms with Gasteiger partial charge in [-0.2, -0.15) is 0 Å². The topological polar surface area (TPSA) is 52.7 Å². The molecule has 0 radical (unpaired) electrons. The largest absolute Gasteiger partial charge is 0.347 e. The van der Waals surface area contributed by atoms with Crippen molar-refractivity contribution in [3.05, 3.63) is 53.6 Å². The monoisotopic (exact) mass is 242 g/mol. The minimum Gasteiger partial charge on any atom is -0.347 e.